The quantitative estimate of drug-likeness (QED) is 0.755. The van der Waals surface area contributed by atoms with E-state index in [0.717, 1.165) is 46.6 Å². The number of benzene rings is 1. The normalized spacial score (nSPS) is 18.5. The lowest BCUT2D eigenvalue weighted by atomic mass is 10.2. The molecule has 1 fully saturated rings. The molecule has 6 heteroatoms. The molecule has 1 aromatic carbocycles. The zero-order valence-electron chi connectivity index (χ0n) is 14.2. The molecule has 0 spiro atoms. The molecule has 6 nitrogen and oxygen atoms in total. The first-order valence-corrected chi connectivity index (χ1v) is 8.58. The Labute approximate surface area is 141 Å². The maximum Gasteiger partial charge on any atom is 0.153 e. The van der Waals surface area contributed by atoms with Gasteiger partial charge in [-0.2, -0.15) is 0 Å². The average molecular weight is 325 g/mol. The molecule has 0 saturated carbocycles. The fourth-order valence-electron chi connectivity index (χ4n) is 3.69. The molecule has 2 N–H and O–H groups in total. The number of methoxy groups -OCH3 is 1. The highest BCUT2D eigenvalue weighted by Gasteiger charge is 2.23. The first kappa shape index (κ1) is 15.2. The highest BCUT2D eigenvalue weighted by atomic mass is 16.5. The Kier molecular flexibility index (Phi) is 3.98. The summed E-state index contributed by atoms with van der Waals surface area (Å²) in [4.78, 5) is 14.9. The van der Waals surface area contributed by atoms with E-state index in [-0.39, 0.29) is 0 Å². The Morgan fingerprint density at radius 2 is 2.29 bits per heavy atom. The molecule has 1 atom stereocenters. The van der Waals surface area contributed by atoms with Gasteiger partial charge < -0.3 is 15.0 Å². The maximum absolute atomic E-state index is 5.33. The van der Waals surface area contributed by atoms with Crippen molar-refractivity contribution in [3.05, 3.63) is 24.5 Å². The van der Waals surface area contributed by atoms with Gasteiger partial charge in [-0.05, 0) is 44.1 Å². The topological polar surface area (TPSA) is 66.1 Å². The zero-order chi connectivity index (χ0) is 16.5. The van der Waals surface area contributed by atoms with Crippen molar-refractivity contribution in [3.63, 3.8) is 0 Å². The van der Waals surface area contributed by atoms with Gasteiger partial charge in [-0.15, -0.1) is 0 Å². The summed E-state index contributed by atoms with van der Waals surface area (Å²) in [7, 11) is 1.68. The van der Waals surface area contributed by atoms with Crippen LogP contribution in [-0.4, -0.2) is 52.6 Å². The van der Waals surface area contributed by atoms with E-state index in [9.17, 15) is 0 Å². The highest BCUT2D eigenvalue weighted by Crippen LogP contribution is 2.30. The van der Waals surface area contributed by atoms with Gasteiger partial charge in [0.25, 0.3) is 0 Å². The first-order valence-electron chi connectivity index (χ1n) is 8.58. The molecular weight excluding hydrogens is 302 g/mol. The number of anilines is 1. The number of fused-ring (bicyclic) bond motifs is 3. The van der Waals surface area contributed by atoms with Crippen LogP contribution in [0.15, 0.2) is 24.5 Å². The number of likely N-dealkylation sites (N-methyl/N-ethyl adjacent to an activating group) is 1. The van der Waals surface area contributed by atoms with Crippen molar-refractivity contribution in [3.8, 4) is 5.75 Å². The fourth-order valence-corrected chi connectivity index (χ4v) is 3.69. The molecule has 0 aliphatic carbocycles. The molecule has 0 unspecified atom stereocenters. The predicted octanol–water partition coefficient (Wildman–Crippen LogP) is 3.02. The van der Waals surface area contributed by atoms with Crippen LogP contribution in [0.2, 0.25) is 0 Å². The number of aromatic amines is 1. The van der Waals surface area contributed by atoms with E-state index in [0.29, 0.717) is 6.04 Å². The number of rotatable bonds is 5. The Morgan fingerprint density at radius 3 is 3.12 bits per heavy atom. The van der Waals surface area contributed by atoms with Gasteiger partial charge in [0.1, 0.15) is 23.1 Å². The van der Waals surface area contributed by atoms with Gasteiger partial charge in [0.15, 0.2) is 5.82 Å². The smallest absolute Gasteiger partial charge is 0.153 e. The first-order chi connectivity index (χ1) is 11.8. The summed E-state index contributed by atoms with van der Waals surface area (Å²) in [6.45, 7) is 5.46. The third-order valence-electron chi connectivity index (χ3n) is 5.00. The minimum atomic E-state index is 0.587. The van der Waals surface area contributed by atoms with Crippen molar-refractivity contribution in [2.45, 2.75) is 25.8 Å². The van der Waals surface area contributed by atoms with Gasteiger partial charge >= 0.3 is 0 Å². The molecule has 2 aromatic heterocycles. The number of likely N-dealkylation sites (tertiary alicyclic amines) is 1. The Morgan fingerprint density at radius 1 is 1.38 bits per heavy atom. The Balaban J connectivity index is 1.66. The SMILES string of the molecule is CCN1CCC[C@H]1CNc1ncnc2c1[nH]c1ccc(OC)cc12. The van der Waals surface area contributed by atoms with Gasteiger partial charge in [-0.3, -0.25) is 4.90 Å². The molecule has 4 rings (SSSR count). The molecule has 1 aliphatic rings. The van der Waals surface area contributed by atoms with Crippen molar-refractivity contribution in [2.75, 3.05) is 32.1 Å². The van der Waals surface area contributed by atoms with Gasteiger partial charge in [-0.1, -0.05) is 6.92 Å². The van der Waals surface area contributed by atoms with Crippen LogP contribution in [0.3, 0.4) is 0 Å². The van der Waals surface area contributed by atoms with E-state index in [2.05, 4.69) is 32.1 Å². The van der Waals surface area contributed by atoms with Crippen molar-refractivity contribution in [1.82, 2.24) is 19.9 Å². The van der Waals surface area contributed by atoms with Crippen LogP contribution in [0.4, 0.5) is 5.82 Å². The summed E-state index contributed by atoms with van der Waals surface area (Å²) < 4.78 is 5.33. The fraction of sp³-hybridized carbons (Fsp3) is 0.444. The minimum Gasteiger partial charge on any atom is -0.497 e. The number of nitrogens with zero attached hydrogens (tertiary/aromatic N) is 3. The van der Waals surface area contributed by atoms with Crippen LogP contribution in [0, 0.1) is 0 Å². The average Bonchev–Trinajstić information content (AvgIpc) is 3.23. The van der Waals surface area contributed by atoms with Crippen molar-refractivity contribution >= 4 is 27.8 Å². The molecule has 0 bridgehead atoms. The van der Waals surface area contributed by atoms with E-state index in [1.54, 1.807) is 13.4 Å². The summed E-state index contributed by atoms with van der Waals surface area (Å²) in [5, 5.41) is 4.59. The lowest BCUT2D eigenvalue weighted by Gasteiger charge is -2.23. The van der Waals surface area contributed by atoms with E-state index in [1.165, 1.54) is 19.4 Å². The van der Waals surface area contributed by atoms with Crippen molar-refractivity contribution in [2.24, 2.45) is 0 Å². The van der Waals surface area contributed by atoms with Crippen LogP contribution in [-0.2, 0) is 0 Å². The van der Waals surface area contributed by atoms with Gasteiger partial charge in [0, 0.05) is 23.5 Å². The van der Waals surface area contributed by atoms with Crippen LogP contribution in [0.5, 0.6) is 5.75 Å². The van der Waals surface area contributed by atoms with Crippen LogP contribution in [0.1, 0.15) is 19.8 Å². The highest BCUT2D eigenvalue weighted by molar-refractivity contribution is 6.08. The summed E-state index contributed by atoms with van der Waals surface area (Å²) in [6.07, 6.45) is 4.16. The van der Waals surface area contributed by atoms with E-state index in [4.69, 9.17) is 4.74 Å². The molecule has 1 aliphatic heterocycles. The second kappa shape index (κ2) is 6.28. The van der Waals surface area contributed by atoms with Crippen LogP contribution < -0.4 is 10.1 Å². The van der Waals surface area contributed by atoms with E-state index < -0.39 is 0 Å². The summed E-state index contributed by atoms with van der Waals surface area (Å²) >= 11 is 0. The van der Waals surface area contributed by atoms with Gasteiger partial charge in [0.2, 0.25) is 0 Å². The molecule has 3 heterocycles. The second-order valence-corrected chi connectivity index (χ2v) is 6.29. The molecule has 1 saturated heterocycles. The molecule has 3 aromatic rings. The number of hydrogen-bond donors (Lipinski definition) is 2. The third kappa shape index (κ3) is 2.57. The Bertz CT molecular complexity index is 859. The number of aromatic nitrogens is 3. The monoisotopic (exact) mass is 325 g/mol. The largest absolute Gasteiger partial charge is 0.497 e. The van der Waals surface area contributed by atoms with Gasteiger partial charge in [0.05, 0.1) is 7.11 Å². The molecule has 24 heavy (non-hydrogen) atoms. The van der Waals surface area contributed by atoms with Crippen LogP contribution in [0.25, 0.3) is 21.9 Å². The summed E-state index contributed by atoms with van der Waals surface area (Å²) in [6, 6.07) is 6.58. The lowest BCUT2D eigenvalue weighted by molar-refractivity contribution is 0.277. The molecule has 0 radical (unpaired) electrons. The molecule has 0 amide bonds. The number of H-pyrrole nitrogens is 1. The third-order valence-corrected chi connectivity index (χ3v) is 5.00. The van der Waals surface area contributed by atoms with Crippen molar-refractivity contribution in [1.29, 1.82) is 0 Å². The maximum atomic E-state index is 5.33. The molecule has 126 valence electrons. The predicted molar refractivity (Wildman–Crippen MR) is 96.7 cm³/mol. The number of nitrogens with one attached hydrogen (secondary N) is 2. The molecular formula is C18H23N5O. The summed E-state index contributed by atoms with van der Waals surface area (Å²) in [5.41, 5.74) is 2.94. The number of ether oxygens (including phenoxy) is 1. The van der Waals surface area contributed by atoms with Gasteiger partial charge in [-0.25, -0.2) is 9.97 Å². The minimum absolute atomic E-state index is 0.587. The van der Waals surface area contributed by atoms with Crippen molar-refractivity contribution < 1.29 is 4.74 Å². The van der Waals surface area contributed by atoms with E-state index in [1.807, 2.05) is 18.2 Å². The second-order valence-electron chi connectivity index (χ2n) is 6.29. The lowest BCUT2D eigenvalue weighted by Crippen LogP contribution is -2.34. The van der Waals surface area contributed by atoms with E-state index >= 15 is 0 Å². The Hall–Kier alpha value is -2.34. The standard InChI is InChI=1S/C18H23N5O/c1-3-23-8-4-5-12(23)10-19-18-17-16(20-11-21-18)14-9-13(24-2)6-7-15(14)22-17/h6-7,9,11-12,22H,3-5,8,10H2,1-2H3,(H,19,20,21)/t12-/m0/s1. The van der Waals surface area contributed by atoms with Crippen LogP contribution >= 0.6 is 0 Å². The summed E-state index contributed by atoms with van der Waals surface area (Å²) in [5.74, 6) is 1.71. The number of hydrogen-bond acceptors (Lipinski definition) is 5. The zero-order valence-corrected chi connectivity index (χ0v) is 14.2.